The van der Waals surface area contributed by atoms with Crippen molar-refractivity contribution in [3.05, 3.63) is 23.2 Å². The van der Waals surface area contributed by atoms with Gasteiger partial charge in [-0.1, -0.05) is 29.3 Å². The molecule has 0 radical (unpaired) electrons. The topological polar surface area (TPSA) is 0 Å². The second-order valence-electron chi connectivity index (χ2n) is 1.05. The lowest BCUT2D eigenvalue weighted by Crippen LogP contribution is -1.60. The number of hydrogen-bond acceptors (Lipinski definition) is 0. The lowest BCUT2D eigenvalue weighted by molar-refractivity contribution is 1.37. The van der Waals surface area contributed by atoms with Crippen LogP contribution in [0.3, 0.4) is 0 Å². The molecule has 0 aliphatic rings. The van der Waals surface area contributed by atoms with Crippen LogP contribution in [-0.4, -0.2) is 0 Å². The van der Waals surface area contributed by atoms with Crippen molar-refractivity contribution in [2.45, 2.75) is 6.42 Å². The van der Waals surface area contributed by atoms with Crippen molar-refractivity contribution >= 4 is 23.2 Å². The van der Waals surface area contributed by atoms with Gasteiger partial charge in [0.1, 0.15) is 0 Å². The van der Waals surface area contributed by atoms with Gasteiger partial charge in [-0.25, -0.2) is 0 Å². The van der Waals surface area contributed by atoms with Crippen LogP contribution < -0.4 is 0 Å². The van der Waals surface area contributed by atoms with Gasteiger partial charge in [-0.3, -0.25) is 0 Å². The summed E-state index contributed by atoms with van der Waals surface area (Å²) in [6.07, 6.45) is 2.35. The van der Waals surface area contributed by atoms with Crippen LogP contribution in [0.5, 0.6) is 0 Å². The number of halogens is 2. The van der Waals surface area contributed by atoms with Gasteiger partial charge in [0.2, 0.25) is 0 Å². The van der Waals surface area contributed by atoms with Crippen molar-refractivity contribution in [3.8, 4) is 0 Å². The van der Waals surface area contributed by atoms with Crippen molar-refractivity contribution in [2.24, 2.45) is 0 Å². The normalized spacial score (nSPS) is 11.4. The fourth-order valence-corrected chi connectivity index (χ4v) is 0.381. The lowest BCUT2D eigenvalue weighted by Gasteiger charge is -1.82. The molecule has 0 unspecified atom stereocenters. The second-order valence-corrected chi connectivity index (χ2v) is 1.75. The molecule has 0 aliphatic heterocycles. The molecule has 0 amide bonds. The molecule has 0 spiro atoms. The van der Waals surface area contributed by atoms with Crippen molar-refractivity contribution in [2.75, 3.05) is 0 Å². The Morgan fingerprint density at radius 1 is 1.71 bits per heavy atom. The average molecular weight is 137 g/mol. The Labute approximate surface area is 53.4 Å². The molecule has 0 saturated heterocycles. The van der Waals surface area contributed by atoms with Crippen molar-refractivity contribution in [3.63, 3.8) is 0 Å². The average Bonchev–Trinajstić information content (AvgIpc) is 1.68. The van der Waals surface area contributed by atoms with Crippen LogP contribution in [-0.2, 0) is 0 Å². The smallest absolute Gasteiger partial charge is 0.0331 e. The summed E-state index contributed by atoms with van der Waals surface area (Å²) in [7, 11) is 0. The summed E-state index contributed by atoms with van der Waals surface area (Å²) >= 11 is 10.6. The molecule has 0 bridgehead atoms. The Morgan fingerprint density at radius 2 is 2.29 bits per heavy atom. The van der Waals surface area contributed by atoms with E-state index in [2.05, 4.69) is 6.58 Å². The third-order valence-electron chi connectivity index (χ3n) is 0.458. The molecule has 7 heavy (non-hydrogen) atoms. The Hall–Kier alpha value is 0.0600. The minimum atomic E-state index is 0.622. The zero-order chi connectivity index (χ0) is 5.70. The molecule has 0 rings (SSSR count). The molecule has 0 nitrogen and oxygen atoms in total. The van der Waals surface area contributed by atoms with E-state index in [1.165, 1.54) is 5.54 Å². The molecule has 0 saturated carbocycles. The first-order valence-corrected chi connectivity index (χ1v) is 2.68. The summed E-state index contributed by atoms with van der Waals surface area (Å²) in [6.45, 7) is 3.46. The van der Waals surface area contributed by atoms with E-state index in [1.54, 1.807) is 6.08 Å². The standard InChI is InChI=1S/C5H6Cl2/c1-2-3-5(7)4-6/h2,4H,1,3H2/b5-4-. The largest absolute Gasteiger partial charge is 0.103 e. The first kappa shape index (κ1) is 7.06. The second kappa shape index (κ2) is 4.23. The van der Waals surface area contributed by atoms with E-state index in [0.29, 0.717) is 11.5 Å². The zero-order valence-electron chi connectivity index (χ0n) is 3.82. The summed E-state index contributed by atoms with van der Waals surface area (Å²) in [5, 5.41) is 0.622. The van der Waals surface area contributed by atoms with Gasteiger partial charge >= 0.3 is 0 Å². The lowest BCUT2D eigenvalue weighted by atomic mass is 10.4. The zero-order valence-corrected chi connectivity index (χ0v) is 5.34. The van der Waals surface area contributed by atoms with Crippen molar-refractivity contribution in [1.82, 2.24) is 0 Å². The van der Waals surface area contributed by atoms with E-state index in [-0.39, 0.29) is 0 Å². The fourth-order valence-electron chi connectivity index (χ4n) is 0.182. The van der Waals surface area contributed by atoms with Crippen LogP contribution in [0.2, 0.25) is 0 Å². The van der Waals surface area contributed by atoms with Crippen LogP contribution in [0.25, 0.3) is 0 Å². The van der Waals surface area contributed by atoms with Gasteiger partial charge in [0.15, 0.2) is 0 Å². The Morgan fingerprint density at radius 3 is 2.43 bits per heavy atom. The number of hydrogen-bond donors (Lipinski definition) is 0. The maximum absolute atomic E-state index is 5.42. The summed E-state index contributed by atoms with van der Waals surface area (Å²) in [4.78, 5) is 0. The minimum Gasteiger partial charge on any atom is -0.103 e. The highest BCUT2D eigenvalue weighted by Gasteiger charge is 1.81. The van der Waals surface area contributed by atoms with E-state index in [1.807, 2.05) is 0 Å². The van der Waals surface area contributed by atoms with E-state index >= 15 is 0 Å². The minimum absolute atomic E-state index is 0.622. The van der Waals surface area contributed by atoms with Crippen LogP contribution in [0.15, 0.2) is 23.2 Å². The summed E-state index contributed by atoms with van der Waals surface area (Å²) in [6, 6.07) is 0. The maximum atomic E-state index is 5.42. The molecular formula is C5H6Cl2. The molecule has 0 fully saturated rings. The molecule has 2 heteroatoms. The molecule has 0 N–H and O–H groups in total. The third-order valence-corrected chi connectivity index (χ3v) is 1.10. The molecule has 0 atom stereocenters. The highest BCUT2D eigenvalue weighted by molar-refractivity contribution is 6.36. The van der Waals surface area contributed by atoms with Gasteiger partial charge in [-0.05, 0) is 0 Å². The molecular weight excluding hydrogens is 131 g/mol. The van der Waals surface area contributed by atoms with E-state index in [0.717, 1.165) is 0 Å². The summed E-state index contributed by atoms with van der Waals surface area (Å²) < 4.78 is 0. The Balaban J connectivity index is 3.36. The highest BCUT2D eigenvalue weighted by Crippen LogP contribution is 2.07. The molecule has 0 aliphatic carbocycles. The maximum Gasteiger partial charge on any atom is 0.0331 e. The first-order chi connectivity index (χ1) is 3.31. The Kier molecular flexibility index (Phi) is 4.26. The van der Waals surface area contributed by atoms with Gasteiger partial charge in [0, 0.05) is 17.0 Å². The predicted molar refractivity (Wildman–Crippen MR) is 34.6 cm³/mol. The first-order valence-electron chi connectivity index (χ1n) is 1.87. The fraction of sp³-hybridized carbons (Fsp3) is 0.200. The highest BCUT2D eigenvalue weighted by atomic mass is 35.5. The Bertz CT molecular complexity index is 84.1. The van der Waals surface area contributed by atoms with Crippen LogP contribution >= 0.6 is 23.2 Å². The van der Waals surface area contributed by atoms with Crippen LogP contribution in [0.4, 0.5) is 0 Å². The number of rotatable bonds is 2. The van der Waals surface area contributed by atoms with Gasteiger partial charge in [0.05, 0.1) is 0 Å². The monoisotopic (exact) mass is 136 g/mol. The summed E-state index contributed by atoms with van der Waals surface area (Å²) in [5.41, 5.74) is 1.34. The number of allylic oxidation sites excluding steroid dienone is 2. The van der Waals surface area contributed by atoms with E-state index in [4.69, 9.17) is 23.2 Å². The quantitative estimate of drug-likeness (QED) is 0.513. The molecule has 0 aromatic carbocycles. The van der Waals surface area contributed by atoms with Gasteiger partial charge in [-0.15, -0.1) is 6.58 Å². The molecule has 0 aromatic rings. The van der Waals surface area contributed by atoms with Crippen molar-refractivity contribution in [1.29, 1.82) is 0 Å². The molecule has 0 aromatic heterocycles. The molecule has 0 heterocycles. The molecule has 40 valence electrons. The van der Waals surface area contributed by atoms with Gasteiger partial charge in [0.25, 0.3) is 0 Å². The van der Waals surface area contributed by atoms with E-state index < -0.39 is 0 Å². The van der Waals surface area contributed by atoms with Gasteiger partial charge in [-0.2, -0.15) is 0 Å². The van der Waals surface area contributed by atoms with Crippen LogP contribution in [0, 0.1) is 0 Å². The van der Waals surface area contributed by atoms with Gasteiger partial charge < -0.3 is 0 Å². The third kappa shape index (κ3) is 3.90. The predicted octanol–water partition coefficient (Wildman–Crippen LogP) is 2.88. The van der Waals surface area contributed by atoms with E-state index in [9.17, 15) is 0 Å². The van der Waals surface area contributed by atoms with Crippen molar-refractivity contribution < 1.29 is 0 Å². The SMILES string of the molecule is C=CC/C(Cl)=C/Cl. The van der Waals surface area contributed by atoms with Crippen LogP contribution in [0.1, 0.15) is 6.42 Å². The summed E-state index contributed by atoms with van der Waals surface area (Å²) in [5.74, 6) is 0.